The monoisotopic (exact) mass is 403 g/mol. The van der Waals surface area contributed by atoms with E-state index in [4.69, 9.17) is 9.47 Å². The lowest BCUT2D eigenvalue weighted by atomic mass is 10.0. The molecule has 154 valence electrons. The molecule has 1 atom stereocenters. The van der Waals surface area contributed by atoms with E-state index in [0.29, 0.717) is 13.2 Å². The summed E-state index contributed by atoms with van der Waals surface area (Å²) in [6, 6.07) is 3.63. The molecule has 2 heterocycles. The third kappa shape index (κ3) is 4.43. The molecule has 10 nitrogen and oxygen atoms in total. The minimum absolute atomic E-state index is 0.0585. The highest BCUT2D eigenvalue weighted by atomic mass is 16.5. The quantitative estimate of drug-likeness (QED) is 0.447. The van der Waals surface area contributed by atoms with Gasteiger partial charge in [0.1, 0.15) is 18.4 Å². The van der Waals surface area contributed by atoms with Crippen LogP contribution in [0.3, 0.4) is 0 Å². The van der Waals surface area contributed by atoms with Crippen molar-refractivity contribution in [3.8, 4) is 5.75 Å². The Bertz CT molecular complexity index is 867. The van der Waals surface area contributed by atoms with Crippen molar-refractivity contribution in [3.63, 3.8) is 0 Å². The smallest absolute Gasteiger partial charge is 0.266 e. The Labute approximate surface area is 166 Å². The average Bonchev–Trinajstić information content (AvgIpc) is 2.92. The zero-order valence-electron chi connectivity index (χ0n) is 15.9. The van der Waals surface area contributed by atoms with E-state index < -0.39 is 29.7 Å². The summed E-state index contributed by atoms with van der Waals surface area (Å²) in [6.45, 7) is 2.47. The SMILES string of the molecule is CC(=O)NCCOCCOc1cccc2c1C(=O)N(C1CCC(=O)NC1=O)C2=O. The van der Waals surface area contributed by atoms with Gasteiger partial charge in [0.25, 0.3) is 11.8 Å². The summed E-state index contributed by atoms with van der Waals surface area (Å²) in [5, 5.41) is 4.75. The first-order valence-electron chi connectivity index (χ1n) is 9.19. The number of carbonyl (C=O) groups is 5. The molecule has 0 aromatic heterocycles. The van der Waals surface area contributed by atoms with Crippen LogP contribution in [0.5, 0.6) is 5.75 Å². The molecule has 0 radical (unpaired) electrons. The summed E-state index contributed by atoms with van der Waals surface area (Å²) in [5.74, 6) is -2.22. The molecule has 2 N–H and O–H groups in total. The molecule has 1 unspecified atom stereocenters. The van der Waals surface area contributed by atoms with Crippen molar-refractivity contribution >= 4 is 29.5 Å². The summed E-state index contributed by atoms with van der Waals surface area (Å²) in [4.78, 5) is 60.7. The molecule has 2 aliphatic rings. The second kappa shape index (κ2) is 8.82. The molecule has 0 spiro atoms. The zero-order valence-corrected chi connectivity index (χ0v) is 15.9. The molecule has 0 saturated carbocycles. The molecule has 0 bridgehead atoms. The third-order valence-corrected chi connectivity index (χ3v) is 4.54. The Morgan fingerprint density at radius 2 is 1.97 bits per heavy atom. The van der Waals surface area contributed by atoms with Crippen molar-refractivity contribution in [1.29, 1.82) is 0 Å². The van der Waals surface area contributed by atoms with E-state index in [0.717, 1.165) is 4.90 Å². The molecule has 5 amide bonds. The number of imide groups is 2. The predicted molar refractivity (Wildman–Crippen MR) is 98.1 cm³/mol. The fourth-order valence-electron chi connectivity index (χ4n) is 3.22. The minimum atomic E-state index is -1.02. The number of piperidine rings is 1. The van der Waals surface area contributed by atoms with Crippen LogP contribution in [0.15, 0.2) is 18.2 Å². The van der Waals surface area contributed by atoms with Crippen LogP contribution in [0.1, 0.15) is 40.5 Å². The minimum Gasteiger partial charge on any atom is -0.490 e. The lowest BCUT2D eigenvalue weighted by molar-refractivity contribution is -0.136. The molecule has 2 aliphatic heterocycles. The van der Waals surface area contributed by atoms with E-state index >= 15 is 0 Å². The van der Waals surface area contributed by atoms with Crippen molar-refractivity contribution < 1.29 is 33.4 Å². The predicted octanol–water partition coefficient (Wildman–Crippen LogP) is -0.381. The summed E-state index contributed by atoms with van der Waals surface area (Å²) in [7, 11) is 0. The van der Waals surface area contributed by atoms with Crippen molar-refractivity contribution in [3.05, 3.63) is 29.3 Å². The van der Waals surface area contributed by atoms with Gasteiger partial charge in [0.15, 0.2) is 0 Å². The van der Waals surface area contributed by atoms with Gasteiger partial charge in [0.05, 0.1) is 24.3 Å². The van der Waals surface area contributed by atoms with Gasteiger partial charge in [-0.3, -0.25) is 34.2 Å². The maximum Gasteiger partial charge on any atom is 0.266 e. The Morgan fingerprint density at radius 1 is 1.17 bits per heavy atom. The molecule has 10 heteroatoms. The highest BCUT2D eigenvalue weighted by Crippen LogP contribution is 2.33. The van der Waals surface area contributed by atoms with Crippen LogP contribution < -0.4 is 15.4 Å². The van der Waals surface area contributed by atoms with E-state index in [2.05, 4.69) is 10.6 Å². The molecule has 3 rings (SSSR count). The molecule has 1 saturated heterocycles. The number of benzene rings is 1. The summed E-state index contributed by atoms with van der Waals surface area (Å²) >= 11 is 0. The van der Waals surface area contributed by atoms with E-state index in [1.165, 1.54) is 13.0 Å². The number of hydrogen-bond donors (Lipinski definition) is 2. The maximum atomic E-state index is 12.9. The van der Waals surface area contributed by atoms with Gasteiger partial charge in [-0.2, -0.15) is 0 Å². The Morgan fingerprint density at radius 3 is 2.69 bits per heavy atom. The number of ether oxygens (including phenoxy) is 2. The van der Waals surface area contributed by atoms with Crippen molar-refractivity contribution in [2.45, 2.75) is 25.8 Å². The van der Waals surface area contributed by atoms with Crippen molar-refractivity contribution in [2.24, 2.45) is 0 Å². The standard InChI is InChI=1S/C19H21N3O7/c1-11(23)20-7-8-28-9-10-29-14-4-2-3-12-16(14)19(27)22(18(12)26)13-5-6-15(24)21-17(13)25/h2-4,13H,5-10H2,1H3,(H,20,23)(H,21,24,25). The maximum absolute atomic E-state index is 12.9. The van der Waals surface area contributed by atoms with Crippen molar-refractivity contribution in [1.82, 2.24) is 15.5 Å². The number of fused-ring (bicyclic) bond motifs is 1. The lowest BCUT2D eigenvalue weighted by Gasteiger charge is -2.27. The van der Waals surface area contributed by atoms with Crippen LogP contribution in [0.2, 0.25) is 0 Å². The first-order valence-corrected chi connectivity index (χ1v) is 9.19. The van der Waals surface area contributed by atoms with Gasteiger partial charge in [-0.05, 0) is 18.6 Å². The van der Waals surface area contributed by atoms with Crippen LogP contribution in [-0.4, -0.2) is 66.8 Å². The summed E-state index contributed by atoms with van der Waals surface area (Å²) in [5.41, 5.74) is 0.254. The van der Waals surface area contributed by atoms with Crippen LogP contribution in [0.4, 0.5) is 0 Å². The highest BCUT2D eigenvalue weighted by molar-refractivity contribution is 6.24. The largest absolute Gasteiger partial charge is 0.490 e. The fraction of sp³-hybridized carbons (Fsp3) is 0.421. The summed E-state index contributed by atoms with van der Waals surface area (Å²) < 4.78 is 10.9. The van der Waals surface area contributed by atoms with E-state index in [1.807, 2.05) is 0 Å². The van der Waals surface area contributed by atoms with Crippen LogP contribution in [0, 0.1) is 0 Å². The third-order valence-electron chi connectivity index (χ3n) is 4.54. The second-order valence-corrected chi connectivity index (χ2v) is 6.57. The van der Waals surface area contributed by atoms with Gasteiger partial charge in [0.2, 0.25) is 17.7 Å². The second-order valence-electron chi connectivity index (χ2n) is 6.57. The molecule has 0 aliphatic carbocycles. The lowest BCUT2D eigenvalue weighted by Crippen LogP contribution is -2.54. The number of nitrogens with one attached hydrogen (secondary N) is 2. The van der Waals surface area contributed by atoms with Gasteiger partial charge in [-0.25, -0.2) is 0 Å². The van der Waals surface area contributed by atoms with E-state index in [1.54, 1.807) is 12.1 Å². The van der Waals surface area contributed by atoms with Crippen molar-refractivity contribution in [2.75, 3.05) is 26.4 Å². The van der Waals surface area contributed by atoms with E-state index in [-0.39, 0.29) is 48.8 Å². The molecule has 1 fully saturated rings. The van der Waals surface area contributed by atoms with Gasteiger partial charge in [-0.1, -0.05) is 6.07 Å². The first-order chi connectivity index (χ1) is 13.9. The summed E-state index contributed by atoms with van der Waals surface area (Å²) in [6.07, 6.45) is 0.150. The van der Waals surface area contributed by atoms with Gasteiger partial charge in [-0.15, -0.1) is 0 Å². The number of amides is 5. The van der Waals surface area contributed by atoms with Crippen LogP contribution >= 0.6 is 0 Å². The average molecular weight is 403 g/mol. The number of rotatable bonds is 8. The Kier molecular flexibility index (Phi) is 6.23. The highest BCUT2D eigenvalue weighted by Gasteiger charge is 2.45. The molecular weight excluding hydrogens is 382 g/mol. The van der Waals surface area contributed by atoms with Gasteiger partial charge < -0.3 is 14.8 Å². The molecular formula is C19H21N3O7. The topological polar surface area (TPSA) is 131 Å². The Hall–Kier alpha value is -3.27. The molecule has 1 aromatic rings. The van der Waals surface area contributed by atoms with Gasteiger partial charge in [0, 0.05) is 19.9 Å². The van der Waals surface area contributed by atoms with E-state index in [9.17, 15) is 24.0 Å². The molecule has 29 heavy (non-hydrogen) atoms. The number of nitrogens with zero attached hydrogens (tertiary/aromatic N) is 1. The zero-order chi connectivity index (χ0) is 21.0. The van der Waals surface area contributed by atoms with Gasteiger partial charge >= 0.3 is 0 Å². The number of hydrogen-bond acceptors (Lipinski definition) is 7. The normalized spacial score (nSPS) is 18.5. The fourth-order valence-corrected chi connectivity index (χ4v) is 3.22. The van der Waals surface area contributed by atoms with Crippen LogP contribution in [0.25, 0.3) is 0 Å². The molecule has 1 aromatic carbocycles. The van der Waals surface area contributed by atoms with Crippen LogP contribution in [-0.2, 0) is 19.1 Å². The Balaban J connectivity index is 1.63. The first kappa shape index (κ1) is 20.5. The number of carbonyl (C=O) groups excluding carboxylic acids is 5.